The molecule has 0 unspecified atom stereocenters. The summed E-state index contributed by atoms with van der Waals surface area (Å²) < 4.78 is 10.4. The predicted molar refractivity (Wildman–Crippen MR) is 111 cm³/mol. The highest BCUT2D eigenvalue weighted by molar-refractivity contribution is 5.69. The van der Waals surface area contributed by atoms with Gasteiger partial charge in [0.05, 0.1) is 19.5 Å². The molecule has 0 bridgehead atoms. The fourth-order valence-electron chi connectivity index (χ4n) is 3.50. The third-order valence-corrected chi connectivity index (χ3v) is 5.01. The van der Waals surface area contributed by atoms with Crippen LogP contribution in [0.3, 0.4) is 0 Å². The van der Waals surface area contributed by atoms with Crippen LogP contribution >= 0.6 is 0 Å². The topological polar surface area (TPSA) is 71.1 Å². The van der Waals surface area contributed by atoms with Crippen LogP contribution in [0, 0.1) is 0 Å². The van der Waals surface area contributed by atoms with Crippen LogP contribution in [0.1, 0.15) is 17.2 Å². The van der Waals surface area contributed by atoms with Crippen molar-refractivity contribution >= 4 is 11.2 Å². The standard InChI is InChI=1S/C22H22N4O3/c1-24-15-23-20-18(24)21(27)26(22(28)25(20)2)13-14-29-19(16-9-5-3-6-10-16)17-11-7-4-8-12-17/h3-12,15,19H,13-14H2,1-2H3. The molecule has 4 aromatic rings. The van der Waals surface area contributed by atoms with Gasteiger partial charge in [0.1, 0.15) is 6.10 Å². The first-order chi connectivity index (χ1) is 14.1. The second-order valence-electron chi connectivity index (χ2n) is 6.90. The van der Waals surface area contributed by atoms with Gasteiger partial charge in [-0.1, -0.05) is 60.7 Å². The third kappa shape index (κ3) is 3.52. The number of benzene rings is 2. The number of rotatable bonds is 6. The van der Waals surface area contributed by atoms with Crippen molar-refractivity contribution in [3.63, 3.8) is 0 Å². The van der Waals surface area contributed by atoms with Crippen LogP contribution < -0.4 is 11.2 Å². The van der Waals surface area contributed by atoms with E-state index in [1.54, 1.807) is 18.7 Å². The molecule has 0 N–H and O–H groups in total. The Morgan fingerprint density at radius 2 is 1.52 bits per heavy atom. The van der Waals surface area contributed by atoms with Gasteiger partial charge in [-0.05, 0) is 11.1 Å². The van der Waals surface area contributed by atoms with Gasteiger partial charge in [-0.25, -0.2) is 9.78 Å². The maximum atomic E-state index is 12.8. The van der Waals surface area contributed by atoms with Gasteiger partial charge < -0.3 is 9.30 Å². The molecule has 0 spiro atoms. The molecule has 0 aliphatic carbocycles. The van der Waals surface area contributed by atoms with Gasteiger partial charge in [0.15, 0.2) is 11.2 Å². The summed E-state index contributed by atoms with van der Waals surface area (Å²) >= 11 is 0. The van der Waals surface area contributed by atoms with E-state index in [0.29, 0.717) is 11.2 Å². The van der Waals surface area contributed by atoms with Gasteiger partial charge in [0.2, 0.25) is 0 Å². The Bertz CT molecular complexity index is 1200. The number of ether oxygens (including phenoxy) is 1. The Labute approximate surface area is 167 Å². The molecule has 2 aromatic heterocycles. The molecule has 4 rings (SSSR count). The Hall–Kier alpha value is -3.45. The van der Waals surface area contributed by atoms with Crippen molar-refractivity contribution in [1.29, 1.82) is 0 Å². The number of nitrogens with zero attached hydrogens (tertiary/aromatic N) is 4. The zero-order valence-corrected chi connectivity index (χ0v) is 16.4. The minimum absolute atomic E-state index is 0.156. The van der Waals surface area contributed by atoms with E-state index in [9.17, 15) is 9.59 Å². The van der Waals surface area contributed by atoms with Crippen molar-refractivity contribution in [2.24, 2.45) is 14.1 Å². The summed E-state index contributed by atoms with van der Waals surface area (Å²) in [6, 6.07) is 19.8. The highest BCUT2D eigenvalue weighted by atomic mass is 16.5. The smallest absolute Gasteiger partial charge is 0.332 e. The molecule has 7 heteroatoms. The highest BCUT2D eigenvalue weighted by Crippen LogP contribution is 2.25. The highest BCUT2D eigenvalue weighted by Gasteiger charge is 2.17. The van der Waals surface area contributed by atoms with Gasteiger partial charge in [-0.15, -0.1) is 0 Å². The lowest BCUT2D eigenvalue weighted by Crippen LogP contribution is -2.40. The van der Waals surface area contributed by atoms with E-state index in [0.717, 1.165) is 11.1 Å². The molecule has 148 valence electrons. The Morgan fingerprint density at radius 1 is 0.931 bits per heavy atom. The molecule has 0 aliphatic heterocycles. The van der Waals surface area contributed by atoms with Crippen LogP contribution in [0.15, 0.2) is 76.6 Å². The van der Waals surface area contributed by atoms with Crippen LogP contribution in [-0.4, -0.2) is 25.3 Å². The van der Waals surface area contributed by atoms with Crippen LogP contribution in [-0.2, 0) is 25.4 Å². The lowest BCUT2D eigenvalue weighted by atomic mass is 10.0. The number of aromatic nitrogens is 4. The summed E-state index contributed by atoms with van der Waals surface area (Å²) in [5, 5.41) is 0. The monoisotopic (exact) mass is 390 g/mol. The second-order valence-corrected chi connectivity index (χ2v) is 6.90. The zero-order chi connectivity index (χ0) is 20.4. The van der Waals surface area contributed by atoms with Crippen LogP contribution in [0.2, 0.25) is 0 Å². The summed E-state index contributed by atoms with van der Waals surface area (Å²) in [6.07, 6.45) is 1.25. The van der Waals surface area contributed by atoms with Crippen molar-refractivity contribution in [3.05, 3.63) is 99.0 Å². The predicted octanol–water partition coefficient (Wildman–Crippen LogP) is 2.24. The van der Waals surface area contributed by atoms with Crippen LogP contribution in [0.25, 0.3) is 11.2 Å². The van der Waals surface area contributed by atoms with E-state index in [2.05, 4.69) is 4.98 Å². The maximum Gasteiger partial charge on any atom is 0.332 e. The molecule has 7 nitrogen and oxygen atoms in total. The molecule has 0 saturated carbocycles. The zero-order valence-electron chi connectivity index (χ0n) is 16.4. The molecule has 0 amide bonds. The molecule has 0 fully saturated rings. The molecule has 2 aromatic carbocycles. The van der Waals surface area contributed by atoms with Crippen LogP contribution in [0.4, 0.5) is 0 Å². The summed E-state index contributed by atoms with van der Waals surface area (Å²) in [4.78, 5) is 29.6. The summed E-state index contributed by atoms with van der Waals surface area (Å²) in [5.74, 6) is 0. The van der Waals surface area contributed by atoms with E-state index < -0.39 is 5.69 Å². The number of imidazole rings is 1. The first kappa shape index (κ1) is 18.9. The van der Waals surface area contributed by atoms with Crippen molar-refractivity contribution < 1.29 is 4.74 Å². The molecule has 0 atom stereocenters. The van der Waals surface area contributed by atoms with Crippen molar-refractivity contribution in [2.45, 2.75) is 12.6 Å². The van der Waals surface area contributed by atoms with Crippen molar-refractivity contribution in [1.82, 2.24) is 18.7 Å². The van der Waals surface area contributed by atoms with Gasteiger partial charge >= 0.3 is 5.69 Å². The van der Waals surface area contributed by atoms with E-state index in [4.69, 9.17) is 4.74 Å². The van der Waals surface area contributed by atoms with Crippen molar-refractivity contribution in [2.75, 3.05) is 6.61 Å². The number of hydrogen-bond donors (Lipinski definition) is 0. The Morgan fingerprint density at radius 3 is 2.10 bits per heavy atom. The molecular weight excluding hydrogens is 368 g/mol. The quantitative estimate of drug-likeness (QED) is 0.506. The van der Waals surface area contributed by atoms with Gasteiger partial charge in [-0.3, -0.25) is 13.9 Å². The average molecular weight is 390 g/mol. The first-order valence-electron chi connectivity index (χ1n) is 9.40. The Kier molecular flexibility index (Phi) is 5.14. The normalized spacial score (nSPS) is 11.4. The summed E-state index contributed by atoms with van der Waals surface area (Å²) in [7, 11) is 3.36. The third-order valence-electron chi connectivity index (χ3n) is 5.01. The fraction of sp³-hybridized carbons (Fsp3) is 0.227. The lowest BCUT2D eigenvalue weighted by molar-refractivity contribution is 0.0725. The van der Waals surface area contributed by atoms with Crippen molar-refractivity contribution in [3.8, 4) is 0 Å². The number of hydrogen-bond acceptors (Lipinski definition) is 4. The molecule has 0 aliphatic rings. The SMILES string of the molecule is Cn1cnc2c1c(=O)n(CCOC(c1ccccc1)c1ccccc1)c(=O)n2C. The first-order valence-corrected chi connectivity index (χ1v) is 9.40. The molecule has 29 heavy (non-hydrogen) atoms. The minimum atomic E-state index is -0.402. The number of fused-ring (bicyclic) bond motifs is 1. The fourth-order valence-corrected chi connectivity index (χ4v) is 3.50. The van der Waals surface area contributed by atoms with E-state index in [1.807, 2.05) is 60.7 Å². The van der Waals surface area contributed by atoms with Gasteiger partial charge in [0.25, 0.3) is 5.56 Å². The van der Waals surface area contributed by atoms with E-state index in [-0.39, 0.29) is 24.8 Å². The maximum absolute atomic E-state index is 12.8. The van der Waals surface area contributed by atoms with E-state index >= 15 is 0 Å². The number of aryl methyl sites for hydroxylation is 2. The molecule has 2 heterocycles. The van der Waals surface area contributed by atoms with Gasteiger partial charge in [-0.2, -0.15) is 0 Å². The van der Waals surface area contributed by atoms with E-state index in [1.165, 1.54) is 15.5 Å². The molecule has 0 radical (unpaired) electrons. The minimum Gasteiger partial charge on any atom is -0.367 e. The second kappa shape index (κ2) is 7.89. The largest absolute Gasteiger partial charge is 0.367 e. The molecule has 0 saturated heterocycles. The average Bonchev–Trinajstić information content (AvgIpc) is 3.15. The Balaban J connectivity index is 1.62. The van der Waals surface area contributed by atoms with Gasteiger partial charge in [0, 0.05) is 14.1 Å². The van der Waals surface area contributed by atoms with Crippen LogP contribution in [0.5, 0.6) is 0 Å². The summed E-state index contributed by atoms with van der Waals surface area (Å²) in [5.41, 5.74) is 2.05. The lowest BCUT2D eigenvalue weighted by Gasteiger charge is -2.19. The summed E-state index contributed by atoms with van der Waals surface area (Å²) in [6.45, 7) is 0.371. The molecular formula is C22H22N4O3.